The lowest BCUT2D eigenvalue weighted by Gasteiger charge is -2.46. The monoisotopic (exact) mass is 339 g/mol. The number of hydroxylamine groups is 1. The number of piperazine rings is 1. The summed E-state index contributed by atoms with van der Waals surface area (Å²) in [4.78, 5) is 10.7. The van der Waals surface area contributed by atoms with Crippen molar-refractivity contribution in [2.24, 2.45) is 4.99 Å². The second kappa shape index (κ2) is 6.55. The van der Waals surface area contributed by atoms with Crippen LogP contribution in [0.15, 0.2) is 47.6 Å². The highest BCUT2D eigenvalue weighted by atomic mass is 16.6. The number of anilines is 3. The molecule has 0 unspecified atom stereocenters. The second-order valence-electron chi connectivity index (χ2n) is 5.74. The normalized spacial score (nSPS) is 19.0. The molecule has 0 spiro atoms. The van der Waals surface area contributed by atoms with Crippen molar-refractivity contribution < 1.29 is 0 Å². The molecule has 2 aliphatic rings. The Morgan fingerprint density at radius 2 is 1.76 bits per heavy atom. The topological polar surface area (TPSA) is 105 Å². The predicted octanol–water partition coefficient (Wildman–Crippen LogP) is 1.31. The van der Waals surface area contributed by atoms with Crippen molar-refractivity contribution in [2.45, 2.75) is 0 Å². The minimum absolute atomic E-state index is 0.115. The maximum Gasteiger partial charge on any atom is 0.212 e. The molecule has 9 heteroatoms. The van der Waals surface area contributed by atoms with E-state index in [1.165, 1.54) is 0 Å². The lowest BCUT2D eigenvalue weighted by atomic mass is 10.2. The lowest BCUT2D eigenvalue weighted by molar-refractivity contribution is 0.589. The molecule has 9 nitrogen and oxygen atoms in total. The highest BCUT2D eigenvalue weighted by Gasteiger charge is 2.17. The largest absolute Gasteiger partial charge is 0.752 e. The van der Waals surface area contributed by atoms with E-state index in [0.29, 0.717) is 16.1 Å². The van der Waals surface area contributed by atoms with Gasteiger partial charge in [-0.3, -0.25) is 5.43 Å². The van der Waals surface area contributed by atoms with E-state index in [4.69, 9.17) is 0 Å². The fraction of sp³-hybridized carbons (Fsp3) is 0.250. The molecule has 1 aromatic carbocycles. The first-order valence-electron chi connectivity index (χ1n) is 8.03. The van der Waals surface area contributed by atoms with Gasteiger partial charge in [0.15, 0.2) is 5.82 Å². The van der Waals surface area contributed by atoms with Crippen LogP contribution in [0.25, 0.3) is 0 Å². The number of fused-ring (bicyclic) bond motifs is 1. The highest BCUT2D eigenvalue weighted by Crippen LogP contribution is 2.31. The Morgan fingerprint density at radius 1 is 1.00 bits per heavy atom. The summed E-state index contributed by atoms with van der Waals surface area (Å²) in [6.45, 7) is 3.73. The molecular weight excluding hydrogens is 322 g/mol. The van der Waals surface area contributed by atoms with Crippen molar-refractivity contribution in [2.75, 3.05) is 41.3 Å². The smallest absolute Gasteiger partial charge is 0.212 e. The van der Waals surface area contributed by atoms with Gasteiger partial charge < -0.3 is 30.9 Å². The third-order valence-electron chi connectivity index (χ3n) is 4.15. The molecule has 0 aliphatic carbocycles. The minimum Gasteiger partial charge on any atom is -0.752 e. The Hall–Kier alpha value is -2.88. The number of hydrazine groups is 1. The van der Waals surface area contributed by atoms with Gasteiger partial charge in [-0.2, -0.15) is 4.99 Å². The number of hydrogen-bond acceptors (Lipinski definition) is 7. The molecule has 0 radical (unpaired) electrons. The Labute approximate surface area is 144 Å². The highest BCUT2D eigenvalue weighted by molar-refractivity contribution is 6.04. The first-order chi connectivity index (χ1) is 12.2. The fourth-order valence-corrected chi connectivity index (χ4v) is 2.85. The van der Waals surface area contributed by atoms with Gasteiger partial charge in [0.1, 0.15) is 0 Å². The van der Waals surface area contributed by atoms with Crippen molar-refractivity contribution in [3.05, 3.63) is 53.0 Å². The standard InChI is InChI=1S/C16H17N7O2/c24-22-13-3-1-2-4-14(13)23(25)20-16(22)19-15-6-5-12(11-18-15)21-9-7-17-8-10-21/h1-6,11,17H,7-10H2,(H,18,19,20)/q-2. The third-order valence-corrected chi connectivity index (χ3v) is 4.15. The number of pyridine rings is 1. The van der Waals surface area contributed by atoms with E-state index in [0.717, 1.165) is 31.9 Å². The molecule has 3 heterocycles. The number of aromatic nitrogens is 1. The lowest BCUT2D eigenvalue weighted by Crippen LogP contribution is -2.50. The van der Waals surface area contributed by atoms with Gasteiger partial charge in [0.25, 0.3) is 0 Å². The molecule has 1 fully saturated rings. The second-order valence-corrected chi connectivity index (χ2v) is 5.74. The number of aliphatic imine (C=N–C) groups is 1. The number of para-hydroxylation sites is 2. The minimum atomic E-state index is -0.115. The fourth-order valence-electron chi connectivity index (χ4n) is 2.85. The predicted molar refractivity (Wildman–Crippen MR) is 97.7 cm³/mol. The Kier molecular flexibility index (Phi) is 4.10. The zero-order valence-electron chi connectivity index (χ0n) is 13.4. The molecule has 0 atom stereocenters. The Morgan fingerprint density at radius 3 is 2.48 bits per heavy atom. The van der Waals surface area contributed by atoms with Gasteiger partial charge in [0.05, 0.1) is 23.3 Å². The van der Waals surface area contributed by atoms with Crippen molar-refractivity contribution >= 4 is 28.8 Å². The molecule has 2 aromatic rings. The van der Waals surface area contributed by atoms with E-state index in [9.17, 15) is 10.4 Å². The van der Waals surface area contributed by atoms with Crippen molar-refractivity contribution in [3.8, 4) is 0 Å². The van der Waals surface area contributed by atoms with Gasteiger partial charge in [-0.25, -0.2) is 4.98 Å². The van der Waals surface area contributed by atoms with Crippen LogP contribution in [0.1, 0.15) is 0 Å². The van der Waals surface area contributed by atoms with Crippen LogP contribution >= 0.6 is 0 Å². The van der Waals surface area contributed by atoms with E-state index in [1.807, 2.05) is 6.07 Å². The third kappa shape index (κ3) is 3.07. The Bertz CT molecular complexity index is 774. The van der Waals surface area contributed by atoms with Crippen LogP contribution in [0.3, 0.4) is 0 Å². The number of hydrogen-bond donors (Lipinski definition) is 2. The summed E-state index contributed by atoms with van der Waals surface area (Å²) in [5, 5.41) is 28.8. The van der Waals surface area contributed by atoms with Crippen molar-refractivity contribution in [1.82, 2.24) is 15.7 Å². The van der Waals surface area contributed by atoms with Crippen molar-refractivity contribution in [1.29, 1.82) is 0 Å². The average Bonchev–Trinajstić information content (AvgIpc) is 2.67. The number of nitrogens with zero attached hydrogens (tertiary/aromatic N) is 5. The molecule has 1 saturated heterocycles. The van der Waals surface area contributed by atoms with Gasteiger partial charge in [-0.05, 0) is 24.3 Å². The summed E-state index contributed by atoms with van der Waals surface area (Å²) in [6.07, 6.45) is 1.73. The molecule has 2 aliphatic heterocycles. The SMILES string of the molecule is [O-]N1NC(=Nc2ccc(N3CCNCC3)cn2)N([O-])c2ccccc21. The van der Waals surface area contributed by atoms with E-state index >= 15 is 0 Å². The van der Waals surface area contributed by atoms with E-state index in [1.54, 1.807) is 36.5 Å². The van der Waals surface area contributed by atoms with Crippen LogP contribution in [0.5, 0.6) is 0 Å². The molecular formula is C16H17N7O2-2. The molecule has 2 N–H and O–H groups in total. The first-order valence-corrected chi connectivity index (χ1v) is 8.03. The van der Waals surface area contributed by atoms with Crippen LogP contribution in [-0.4, -0.2) is 37.1 Å². The van der Waals surface area contributed by atoms with Gasteiger partial charge in [0.2, 0.25) is 5.96 Å². The van der Waals surface area contributed by atoms with Crippen LogP contribution in [0, 0.1) is 10.4 Å². The molecule has 130 valence electrons. The molecule has 4 rings (SSSR count). The molecule has 0 amide bonds. The van der Waals surface area contributed by atoms with Crippen LogP contribution in [0.2, 0.25) is 0 Å². The van der Waals surface area contributed by atoms with Crippen LogP contribution in [0.4, 0.5) is 22.9 Å². The number of nitrogens with one attached hydrogen (secondary N) is 2. The number of guanidine groups is 1. The molecule has 0 bridgehead atoms. The summed E-state index contributed by atoms with van der Waals surface area (Å²) in [5.74, 6) is 0.242. The molecule has 25 heavy (non-hydrogen) atoms. The summed E-state index contributed by atoms with van der Waals surface area (Å²) < 4.78 is 0. The maximum absolute atomic E-state index is 12.4. The van der Waals surface area contributed by atoms with Crippen LogP contribution < -0.4 is 25.9 Å². The number of rotatable bonds is 2. The Balaban J connectivity index is 1.56. The summed E-state index contributed by atoms with van der Waals surface area (Å²) in [6, 6.07) is 10.2. The summed E-state index contributed by atoms with van der Waals surface area (Å²) in [5.41, 5.74) is 3.93. The molecule has 0 saturated carbocycles. The molecule has 1 aromatic heterocycles. The van der Waals surface area contributed by atoms with Crippen molar-refractivity contribution in [3.63, 3.8) is 0 Å². The van der Waals surface area contributed by atoms with Gasteiger partial charge >= 0.3 is 0 Å². The maximum atomic E-state index is 12.4. The van der Waals surface area contributed by atoms with E-state index in [2.05, 4.69) is 25.6 Å². The first kappa shape index (κ1) is 15.6. The van der Waals surface area contributed by atoms with Gasteiger partial charge in [-0.1, -0.05) is 12.1 Å². The summed E-state index contributed by atoms with van der Waals surface area (Å²) >= 11 is 0. The van der Waals surface area contributed by atoms with Crippen LogP contribution in [-0.2, 0) is 0 Å². The van der Waals surface area contributed by atoms with E-state index < -0.39 is 0 Å². The number of benzene rings is 1. The van der Waals surface area contributed by atoms with Gasteiger partial charge in [0, 0.05) is 26.2 Å². The average molecular weight is 339 g/mol. The quantitative estimate of drug-likeness (QED) is 0.844. The zero-order chi connectivity index (χ0) is 17.2. The zero-order valence-corrected chi connectivity index (χ0v) is 13.4. The van der Waals surface area contributed by atoms with Gasteiger partial charge in [-0.15, -0.1) is 0 Å². The summed E-state index contributed by atoms with van der Waals surface area (Å²) in [7, 11) is 0. The van der Waals surface area contributed by atoms with E-state index in [-0.39, 0.29) is 17.3 Å².